The van der Waals surface area contributed by atoms with Gasteiger partial charge in [-0.15, -0.1) is 0 Å². The van der Waals surface area contributed by atoms with E-state index in [0.29, 0.717) is 19.0 Å². The molecule has 58 valence electrons. The van der Waals surface area contributed by atoms with E-state index in [1.165, 1.54) is 0 Å². The van der Waals surface area contributed by atoms with Gasteiger partial charge >= 0.3 is 0 Å². The van der Waals surface area contributed by atoms with Gasteiger partial charge in [0.15, 0.2) is 0 Å². The predicted molar refractivity (Wildman–Crippen MR) is 41.4 cm³/mol. The number of nitriles is 1. The lowest BCUT2D eigenvalue weighted by molar-refractivity contribution is 0.512. The van der Waals surface area contributed by atoms with Crippen molar-refractivity contribution in [3.8, 4) is 6.07 Å². The lowest BCUT2D eigenvalue weighted by Gasteiger charge is -2.11. The number of nitrogens with two attached hydrogens (primary N) is 1. The molecule has 0 aromatic rings. The molecule has 3 N–H and O–H groups in total. The minimum atomic E-state index is 0.327. The van der Waals surface area contributed by atoms with E-state index < -0.39 is 0 Å². The molecule has 0 saturated carbocycles. The number of hydrogen-bond donors (Lipinski definition) is 2. The van der Waals surface area contributed by atoms with Gasteiger partial charge in [0.05, 0.1) is 12.5 Å². The molecule has 0 heterocycles. The van der Waals surface area contributed by atoms with Gasteiger partial charge in [-0.1, -0.05) is 6.92 Å². The zero-order valence-corrected chi connectivity index (χ0v) is 6.43. The summed E-state index contributed by atoms with van der Waals surface area (Å²) in [5, 5.41) is 11.5. The molecule has 0 bridgehead atoms. The van der Waals surface area contributed by atoms with E-state index in [-0.39, 0.29) is 0 Å². The lowest BCUT2D eigenvalue weighted by atomic mass is 10.2. The fourth-order valence-electron chi connectivity index (χ4n) is 0.758. The van der Waals surface area contributed by atoms with Crippen molar-refractivity contribution >= 4 is 0 Å². The second kappa shape index (κ2) is 6.53. The quantitative estimate of drug-likeness (QED) is 0.576. The monoisotopic (exact) mass is 141 g/mol. The molecular formula is C7H15N3. The van der Waals surface area contributed by atoms with Crippen molar-refractivity contribution in [1.29, 1.82) is 5.26 Å². The Labute approximate surface area is 62.2 Å². The Morgan fingerprint density at radius 3 is 2.80 bits per heavy atom. The molecule has 0 aliphatic carbocycles. The summed E-state index contributed by atoms with van der Waals surface area (Å²) in [6, 6.07) is 2.45. The molecule has 1 unspecified atom stereocenters. The van der Waals surface area contributed by atoms with Gasteiger partial charge in [-0.25, -0.2) is 0 Å². The van der Waals surface area contributed by atoms with Crippen molar-refractivity contribution in [2.45, 2.75) is 25.8 Å². The fraction of sp³-hybridized carbons (Fsp3) is 0.857. The molecule has 0 radical (unpaired) electrons. The van der Waals surface area contributed by atoms with Crippen LogP contribution >= 0.6 is 0 Å². The van der Waals surface area contributed by atoms with E-state index in [9.17, 15) is 0 Å². The first-order chi connectivity index (χ1) is 4.85. The van der Waals surface area contributed by atoms with E-state index >= 15 is 0 Å². The standard InChI is InChI=1S/C7H15N3/c1-2-7(3-4-8)10-6-5-9/h7,10H,2-3,5-6,9H2,1H3. The van der Waals surface area contributed by atoms with Crippen LogP contribution in [0.5, 0.6) is 0 Å². The predicted octanol–water partition coefficient (Wildman–Crippen LogP) is 0.227. The minimum Gasteiger partial charge on any atom is -0.329 e. The van der Waals surface area contributed by atoms with E-state index in [1.807, 2.05) is 0 Å². The van der Waals surface area contributed by atoms with Crippen LogP contribution in [0.15, 0.2) is 0 Å². The Balaban J connectivity index is 3.32. The van der Waals surface area contributed by atoms with Crippen LogP contribution in [0.2, 0.25) is 0 Å². The average Bonchev–Trinajstić information content (AvgIpc) is 1.98. The lowest BCUT2D eigenvalue weighted by Crippen LogP contribution is -2.32. The molecule has 0 spiro atoms. The van der Waals surface area contributed by atoms with Gasteiger partial charge in [0.25, 0.3) is 0 Å². The molecule has 3 heteroatoms. The van der Waals surface area contributed by atoms with Crippen molar-refractivity contribution < 1.29 is 0 Å². The molecule has 0 aromatic heterocycles. The number of hydrogen-bond acceptors (Lipinski definition) is 3. The second-order valence-electron chi connectivity index (χ2n) is 2.21. The van der Waals surface area contributed by atoms with Gasteiger partial charge in [0.1, 0.15) is 0 Å². The highest BCUT2D eigenvalue weighted by molar-refractivity contribution is 4.79. The van der Waals surface area contributed by atoms with Crippen molar-refractivity contribution in [3.63, 3.8) is 0 Å². The van der Waals surface area contributed by atoms with Crippen LogP contribution in [0.25, 0.3) is 0 Å². The van der Waals surface area contributed by atoms with Crippen LogP contribution < -0.4 is 11.1 Å². The molecule has 3 nitrogen and oxygen atoms in total. The Hall–Kier alpha value is -0.590. The Morgan fingerprint density at radius 2 is 2.40 bits per heavy atom. The summed E-state index contributed by atoms with van der Waals surface area (Å²) in [4.78, 5) is 0. The largest absolute Gasteiger partial charge is 0.329 e. The molecule has 0 aliphatic heterocycles. The third kappa shape index (κ3) is 4.30. The van der Waals surface area contributed by atoms with Crippen LogP contribution in [-0.4, -0.2) is 19.1 Å². The Bertz CT molecular complexity index is 106. The summed E-state index contributed by atoms with van der Waals surface area (Å²) in [6.07, 6.45) is 1.57. The van der Waals surface area contributed by atoms with Crippen LogP contribution in [-0.2, 0) is 0 Å². The molecular weight excluding hydrogens is 126 g/mol. The third-order valence-corrected chi connectivity index (χ3v) is 1.41. The van der Waals surface area contributed by atoms with E-state index in [0.717, 1.165) is 13.0 Å². The normalized spacial score (nSPS) is 12.5. The number of nitrogens with zero attached hydrogens (tertiary/aromatic N) is 1. The van der Waals surface area contributed by atoms with Gasteiger partial charge in [-0.3, -0.25) is 0 Å². The van der Waals surface area contributed by atoms with Crippen molar-refractivity contribution in [2.24, 2.45) is 5.73 Å². The average molecular weight is 141 g/mol. The highest BCUT2D eigenvalue weighted by Gasteiger charge is 2.01. The van der Waals surface area contributed by atoms with Gasteiger partial charge in [0, 0.05) is 19.1 Å². The SMILES string of the molecule is CCC(CC#N)NCCN. The maximum atomic E-state index is 8.35. The maximum absolute atomic E-state index is 8.35. The second-order valence-corrected chi connectivity index (χ2v) is 2.21. The summed E-state index contributed by atoms with van der Waals surface area (Å²) in [5.41, 5.74) is 5.28. The zero-order chi connectivity index (χ0) is 7.82. The molecule has 0 aliphatic rings. The topological polar surface area (TPSA) is 61.8 Å². The first-order valence-corrected chi connectivity index (χ1v) is 3.65. The molecule has 0 fully saturated rings. The van der Waals surface area contributed by atoms with E-state index in [4.69, 9.17) is 11.0 Å². The molecule has 0 amide bonds. The van der Waals surface area contributed by atoms with Crippen LogP contribution in [0, 0.1) is 11.3 Å². The first kappa shape index (κ1) is 9.41. The number of nitrogens with one attached hydrogen (secondary N) is 1. The van der Waals surface area contributed by atoms with Gasteiger partial charge in [-0.05, 0) is 6.42 Å². The first-order valence-electron chi connectivity index (χ1n) is 3.65. The summed E-state index contributed by atoms with van der Waals surface area (Å²) in [7, 11) is 0. The van der Waals surface area contributed by atoms with Crippen molar-refractivity contribution in [3.05, 3.63) is 0 Å². The van der Waals surface area contributed by atoms with Crippen LogP contribution in [0.1, 0.15) is 19.8 Å². The molecule has 1 atom stereocenters. The van der Waals surface area contributed by atoms with Gasteiger partial charge < -0.3 is 11.1 Å². The zero-order valence-electron chi connectivity index (χ0n) is 6.43. The summed E-state index contributed by atoms with van der Waals surface area (Å²) in [6.45, 7) is 3.51. The highest BCUT2D eigenvalue weighted by atomic mass is 14.9. The van der Waals surface area contributed by atoms with E-state index in [1.54, 1.807) is 0 Å². The summed E-state index contributed by atoms with van der Waals surface area (Å²) in [5.74, 6) is 0. The summed E-state index contributed by atoms with van der Waals surface area (Å²) >= 11 is 0. The van der Waals surface area contributed by atoms with Crippen LogP contribution in [0.3, 0.4) is 0 Å². The molecule has 0 saturated heterocycles. The Kier molecular flexibility index (Phi) is 6.14. The van der Waals surface area contributed by atoms with Crippen molar-refractivity contribution in [2.75, 3.05) is 13.1 Å². The highest BCUT2D eigenvalue weighted by Crippen LogP contribution is 1.93. The van der Waals surface area contributed by atoms with E-state index in [2.05, 4.69) is 18.3 Å². The smallest absolute Gasteiger partial charge is 0.0638 e. The minimum absolute atomic E-state index is 0.327. The van der Waals surface area contributed by atoms with Crippen LogP contribution in [0.4, 0.5) is 0 Å². The third-order valence-electron chi connectivity index (χ3n) is 1.41. The van der Waals surface area contributed by atoms with Crippen molar-refractivity contribution in [1.82, 2.24) is 5.32 Å². The fourth-order valence-corrected chi connectivity index (χ4v) is 0.758. The number of rotatable bonds is 5. The maximum Gasteiger partial charge on any atom is 0.0638 e. The van der Waals surface area contributed by atoms with Gasteiger partial charge in [-0.2, -0.15) is 5.26 Å². The molecule has 0 aromatic carbocycles. The van der Waals surface area contributed by atoms with Gasteiger partial charge in [0.2, 0.25) is 0 Å². The summed E-state index contributed by atoms with van der Waals surface area (Å²) < 4.78 is 0. The Morgan fingerprint density at radius 1 is 1.70 bits per heavy atom. The molecule has 10 heavy (non-hydrogen) atoms. The molecule has 0 rings (SSSR count).